The summed E-state index contributed by atoms with van der Waals surface area (Å²) in [5.74, 6) is 0.254. The van der Waals surface area contributed by atoms with Gasteiger partial charge in [-0.1, -0.05) is 28.1 Å². The minimum Gasteiger partial charge on any atom is -0.468 e. The number of esters is 1. The van der Waals surface area contributed by atoms with Crippen LogP contribution in [0.5, 0.6) is 0 Å². The number of carbonyl (C=O) groups excluding carboxylic acids is 1. The first-order valence-corrected chi connectivity index (χ1v) is 7.52. The van der Waals surface area contributed by atoms with Crippen molar-refractivity contribution in [3.05, 3.63) is 34.3 Å². The highest BCUT2D eigenvalue weighted by Crippen LogP contribution is 2.26. The van der Waals surface area contributed by atoms with E-state index in [4.69, 9.17) is 9.47 Å². The Kier molecular flexibility index (Phi) is 5.57. The van der Waals surface area contributed by atoms with Crippen LogP contribution in [-0.4, -0.2) is 44.8 Å². The fraction of sp³-hybridized carbons (Fsp3) is 0.533. The van der Waals surface area contributed by atoms with Crippen LogP contribution in [0.4, 0.5) is 0 Å². The predicted octanol–water partition coefficient (Wildman–Crippen LogP) is 2.63. The molecular formula is C15H20BrNO3. The number of carbonyl (C=O) groups is 1. The Morgan fingerprint density at radius 2 is 2.40 bits per heavy atom. The van der Waals surface area contributed by atoms with E-state index in [2.05, 4.69) is 15.9 Å². The Morgan fingerprint density at radius 3 is 3.00 bits per heavy atom. The van der Waals surface area contributed by atoms with Crippen LogP contribution in [0.1, 0.15) is 18.0 Å². The number of ether oxygens (including phenoxy) is 2. The molecule has 4 nitrogen and oxygen atoms in total. The van der Waals surface area contributed by atoms with Crippen molar-refractivity contribution >= 4 is 21.9 Å². The first-order valence-electron chi connectivity index (χ1n) is 6.73. The van der Waals surface area contributed by atoms with Crippen molar-refractivity contribution in [2.45, 2.75) is 12.5 Å². The molecule has 1 saturated heterocycles. The van der Waals surface area contributed by atoms with Crippen molar-refractivity contribution in [1.29, 1.82) is 0 Å². The van der Waals surface area contributed by atoms with Gasteiger partial charge in [-0.05, 0) is 37.1 Å². The maximum atomic E-state index is 12.1. The SMILES string of the molecule is COC(=O)[C@H](c1cccc(Br)c1)N(C)C[C@H]1CCOC1. The number of benzene rings is 1. The molecule has 2 rings (SSSR count). The zero-order chi connectivity index (χ0) is 14.5. The van der Waals surface area contributed by atoms with E-state index >= 15 is 0 Å². The van der Waals surface area contributed by atoms with Gasteiger partial charge < -0.3 is 9.47 Å². The fourth-order valence-corrected chi connectivity index (χ4v) is 3.02. The van der Waals surface area contributed by atoms with Gasteiger partial charge in [-0.2, -0.15) is 0 Å². The van der Waals surface area contributed by atoms with Crippen LogP contribution in [0, 0.1) is 5.92 Å². The van der Waals surface area contributed by atoms with Crippen molar-refractivity contribution in [2.75, 3.05) is 33.9 Å². The summed E-state index contributed by atoms with van der Waals surface area (Å²) in [6, 6.07) is 7.42. The molecule has 1 aromatic rings. The Labute approximate surface area is 128 Å². The maximum absolute atomic E-state index is 12.1. The van der Waals surface area contributed by atoms with Gasteiger partial charge in [-0.25, -0.2) is 4.79 Å². The highest BCUT2D eigenvalue weighted by molar-refractivity contribution is 9.10. The van der Waals surface area contributed by atoms with E-state index in [1.165, 1.54) is 7.11 Å². The summed E-state index contributed by atoms with van der Waals surface area (Å²) in [7, 11) is 3.39. The first kappa shape index (κ1) is 15.5. The molecule has 0 bridgehead atoms. The Morgan fingerprint density at radius 1 is 1.60 bits per heavy atom. The minimum absolute atomic E-state index is 0.232. The molecule has 1 aliphatic rings. The quantitative estimate of drug-likeness (QED) is 0.771. The molecule has 0 saturated carbocycles. The fourth-order valence-electron chi connectivity index (χ4n) is 2.60. The van der Waals surface area contributed by atoms with E-state index in [1.54, 1.807) is 0 Å². The molecule has 110 valence electrons. The van der Waals surface area contributed by atoms with E-state index in [-0.39, 0.29) is 12.0 Å². The van der Waals surface area contributed by atoms with Gasteiger partial charge in [-0.3, -0.25) is 4.90 Å². The topological polar surface area (TPSA) is 38.8 Å². The van der Waals surface area contributed by atoms with Crippen molar-refractivity contribution in [3.8, 4) is 0 Å². The standard InChI is InChI=1S/C15H20BrNO3/c1-17(9-11-6-7-20-10-11)14(15(18)19-2)12-4-3-5-13(16)8-12/h3-5,8,11,14H,6-7,9-10H2,1-2H3/t11-,14+/m1/s1. The number of likely N-dealkylation sites (N-methyl/N-ethyl adjacent to an activating group) is 1. The monoisotopic (exact) mass is 341 g/mol. The zero-order valence-electron chi connectivity index (χ0n) is 11.8. The van der Waals surface area contributed by atoms with E-state index in [1.807, 2.05) is 36.2 Å². The van der Waals surface area contributed by atoms with Crippen molar-refractivity contribution in [2.24, 2.45) is 5.92 Å². The number of nitrogens with zero attached hydrogens (tertiary/aromatic N) is 1. The van der Waals surface area contributed by atoms with Gasteiger partial charge in [-0.15, -0.1) is 0 Å². The average Bonchev–Trinajstić information content (AvgIpc) is 2.91. The van der Waals surface area contributed by atoms with Crippen molar-refractivity contribution < 1.29 is 14.3 Å². The average molecular weight is 342 g/mol. The largest absolute Gasteiger partial charge is 0.468 e. The summed E-state index contributed by atoms with van der Waals surface area (Å²) in [4.78, 5) is 14.2. The smallest absolute Gasteiger partial charge is 0.327 e. The molecule has 1 aromatic carbocycles. The second kappa shape index (κ2) is 7.20. The second-order valence-corrected chi connectivity index (χ2v) is 6.07. The van der Waals surface area contributed by atoms with Crippen molar-refractivity contribution in [3.63, 3.8) is 0 Å². The molecule has 0 N–H and O–H groups in total. The van der Waals surface area contributed by atoms with Crippen LogP contribution in [-0.2, 0) is 14.3 Å². The van der Waals surface area contributed by atoms with E-state index in [0.717, 1.165) is 36.2 Å². The van der Waals surface area contributed by atoms with Gasteiger partial charge in [0.05, 0.1) is 13.7 Å². The van der Waals surface area contributed by atoms with E-state index in [0.29, 0.717) is 5.92 Å². The lowest BCUT2D eigenvalue weighted by Gasteiger charge is -2.28. The minimum atomic E-state index is -0.377. The van der Waals surface area contributed by atoms with Crippen LogP contribution in [0.25, 0.3) is 0 Å². The predicted molar refractivity (Wildman–Crippen MR) is 80.5 cm³/mol. The summed E-state index contributed by atoms with van der Waals surface area (Å²) in [5, 5.41) is 0. The van der Waals surface area contributed by atoms with Crippen LogP contribution in [0.3, 0.4) is 0 Å². The third-order valence-electron chi connectivity index (χ3n) is 3.60. The molecule has 0 aliphatic carbocycles. The molecule has 5 heteroatoms. The third-order valence-corrected chi connectivity index (χ3v) is 4.09. The lowest BCUT2D eigenvalue weighted by Crippen LogP contribution is -2.35. The first-order chi connectivity index (χ1) is 9.61. The summed E-state index contributed by atoms with van der Waals surface area (Å²) < 4.78 is 11.3. The number of methoxy groups -OCH3 is 1. The van der Waals surface area contributed by atoms with Crippen LogP contribution in [0.15, 0.2) is 28.7 Å². The molecule has 0 unspecified atom stereocenters. The van der Waals surface area contributed by atoms with Gasteiger partial charge in [0.2, 0.25) is 0 Å². The van der Waals surface area contributed by atoms with Crippen molar-refractivity contribution in [1.82, 2.24) is 4.90 Å². The number of halogens is 1. The molecule has 0 amide bonds. The molecular weight excluding hydrogens is 322 g/mol. The Bertz CT molecular complexity index is 460. The molecule has 0 spiro atoms. The van der Waals surface area contributed by atoms with Gasteiger partial charge in [0.15, 0.2) is 0 Å². The number of rotatable bonds is 5. The number of hydrogen-bond acceptors (Lipinski definition) is 4. The van der Waals surface area contributed by atoms with E-state index < -0.39 is 0 Å². The van der Waals surface area contributed by atoms with Gasteiger partial charge >= 0.3 is 5.97 Å². The lowest BCUT2D eigenvalue weighted by molar-refractivity contribution is -0.147. The van der Waals surface area contributed by atoms with Gasteiger partial charge in [0, 0.05) is 17.6 Å². The highest BCUT2D eigenvalue weighted by atomic mass is 79.9. The van der Waals surface area contributed by atoms with Gasteiger partial charge in [0.1, 0.15) is 6.04 Å². The van der Waals surface area contributed by atoms with E-state index in [9.17, 15) is 4.79 Å². The second-order valence-electron chi connectivity index (χ2n) is 5.15. The molecule has 0 aromatic heterocycles. The highest BCUT2D eigenvalue weighted by Gasteiger charge is 2.29. The summed E-state index contributed by atoms with van der Waals surface area (Å²) in [6.07, 6.45) is 1.05. The summed E-state index contributed by atoms with van der Waals surface area (Å²) in [5.41, 5.74) is 0.938. The molecule has 1 fully saturated rings. The summed E-state index contributed by atoms with van der Waals surface area (Å²) >= 11 is 3.45. The third kappa shape index (κ3) is 3.81. The van der Waals surface area contributed by atoms with Crippen LogP contribution in [0.2, 0.25) is 0 Å². The molecule has 2 atom stereocenters. The number of hydrogen-bond donors (Lipinski definition) is 0. The molecule has 20 heavy (non-hydrogen) atoms. The zero-order valence-corrected chi connectivity index (χ0v) is 13.4. The Hall–Kier alpha value is -0.910. The molecule has 1 aliphatic heterocycles. The van der Waals surface area contributed by atoms with Gasteiger partial charge in [0.25, 0.3) is 0 Å². The molecule has 1 heterocycles. The normalized spacial score (nSPS) is 20.1. The Balaban J connectivity index is 2.16. The maximum Gasteiger partial charge on any atom is 0.327 e. The van der Waals surface area contributed by atoms with Crippen LogP contribution >= 0.6 is 15.9 Å². The lowest BCUT2D eigenvalue weighted by atomic mass is 10.0. The summed E-state index contributed by atoms with van der Waals surface area (Å²) in [6.45, 7) is 2.42. The molecule has 0 radical (unpaired) electrons. The van der Waals surface area contributed by atoms with Crippen LogP contribution < -0.4 is 0 Å².